The predicted octanol–water partition coefficient (Wildman–Crippen LogP) is 0.346. The standard InChI is InChI=1S/C8H9O2/c1-6-4-2-3-5-7(6)8(9)10/h2-5,8-9H,1H3/q-1. The lowest BCUT2D eigenvalue weighted by atomic mass is 10.1. The normalized spacial score (nSPS) is 13.1. The Bertz CT molecular complexity index is 218. The van der Waals surface area contributed by atoms with Crippen LogP contribution in [0.1, 0.15) is 17.4 Å². The van der Waals surface area contributed by atoms with Gasteiger partial charge in [0.2, 0.25) is 0 Å². The van der Waals surface area contributed by atoms with E-state index in [2.05, 4.69) is 0 Å². The van der Waals surface area contributed by atoms with Gasteiger partial charge in [0.05, 0.1) is 0 Å². The summed E-state index contributed by atoms with van der Waals surface area (Å²) in [6, 6.07) is 7.01. The van der Waals surface area contributed by atoms with Gasteiger partial charge in [0, 0.05) is 6.29 Å². The molecular formula is C8H9O2-. The highest BCUT2D eigenvalue weighted by Crippen LogP contribution is 2.11. The van der Waals surface area contributed by atoms with Crippen molar-refractivity contribution >= 4 is 0 Å². The minimum atomic E-state index is -1.60. The second-order valence-electron chi connectivity index (χ2n) is 2.21. The molecule has 0 fully saturated rings. The van der Waals surface area contributed by atoms with Crippen molar-refractivity contribution in [2.24, 2.45) is 0 Å². The van der Waals surface area contributed by atoms with Crippen LogP contribution in [0.3, 0.4) is 0 Å². The minimum Gasteiger partial charge on any atom is -0.828 e. The van der Waals surface area contributed by atoms with E-state index in [0.29, 0.717) is 5.56 Å². The van der Waals surface area contributed by atoms with Crippen LogP contribution in [-0.2, 0) is 0 Å². The van der Waals surface area contributed by atoms with Gasteiger partial charge in [-0.3, -0.25) is 0 Å². The van der Waals surface area contributed by atoms with Gasteiger partial charge in [0.15, 0.2) is 0 Å². The molecule has 1 atom stereocenters. The van der Waals surface area contributed by atoms with Gasteiger partial charge in [0.25, 0.3) is 0 Å². The Kier molecular flexibility index (Phi) is 2.04. The molecule has 10 heavy (non-hydrogen) atoms. The first kappa shape index (κ1) is 7.25. The van der Waals surface area contributed by atoms with Gasteiger partial charge in [-0.25, -0.2) is 0 Å². The zero-order valence-corrected chi connectivity index (χ0v) is 5.74. The third-order valence-corrected chi connectivity index (χ3v) is 1.45. The summed E-state index contributed by atoms with van der Waals surface area (Å²) in [5.41, 5.74) is 1.30. The summed E-state index contributed by atoms with van der Waals surface area (Å²) in [4.78, 5) is 0. The van der Waals surface area contributed by atoms with Crippen molar-refractivity contribution in [3.05, 3.63) is 35.4 Å². The minimum absolute atomic E-state index is 0.461. The molecule has 0 heterocycles. The number of aliphatic hydroxyl groups is 1. The van der Waals surface area contributed by atoms with Crippen molar-refractivity contribution in [1.29, 1.82) is 0 Å². The Hall–Kier alpha value is -0.860. The highest BCUT2D eigenvalue weighted by atomic mass is 16.5. The molecule has 0 aliphatic heterocycles. The number of aliphatic hydroxyl groups excluding tert-OH is 1. The summed E-state index contributed by atoms with van der Waals surface area (Å²) in [6.07, 6.45) is -1.60. The van der Waals surface area contributed by atoms with E-state index in [-0.39, 0.29) is 0 Å². The Balaban J connectivity index is 3.03. The van der Waals surface area contributed by atoms with Crippen molar-refractivity contribution in [3.63, 3.8) is 0 Å². The molecule has 0 amide bonds. The van der Waals surface area contributed by atoms with Gasteiger partial charge in [-0.15, -0.1) is 0 Å². The molecule has 0 saturated heterocycles. The van der Waals surface area contributed by atoms with Crippen LogP contribution in [0.4, 0.5) is 0 Å². The molecule has 0 bridgehead atoms. The summed E-state index contributed by atoms with van der Waals surface area (Å²) in [6.45, 7) is 1.80. The maximum Gasteiger partial charge on any atom is 0.00418 e. The van der Waals surface area contributed by atoms with Crippen LogP contribution in [0.2, 0.25) is 0 Å². The van der Waals surface area contributed by atoms with Crippen LogP contribution in [0.5, 0.6) is 0 Å². The Morgan fingerprint density at radius 2 is 2.00 bits per heavy atom. The number of hydrogen-bond acceptors (Lipinski definition) is 2. The molecule has 0 aromatic heterocycles. The highest BCUT2D eigenvalue weighted by molar-refractivity contribution is 5.25. The fourth-order valence-electron chi connectivity index (χ4n) is 0.864. The van der Waals surface area contributed by atoms with Gasteiger partial charge in [-0.2, -0.15) is 0 Å². The van der Waals surface area contributed by atoms with Crippen LogP contribution in [0.25, 0.3) is 0 Å². The molecule has 1 rings (SSSR count). The largest absolute Gasteiger partial charge is 0.828 e. The molecule has 0 aliphatic carbocycles. The average molecular weight is 137 g/mol. The molecule has 2 nitrogen and oxygen atoms in total. The zero-order chi connectivity index (χ0) is 7.56. The first-order valence-electron chi connectivity index (χ1n) is 3.11. The second-order valence-corrected chi connectivity index (χ2v) is 2.21. The molecule has 2 heteroatoms. The zero-order valence-electron chi connectivity index (χ0n) is 5.74. The molecule has 0 saturated carbocycles. The summed E-state index contributed by atoms with van der Waals surface area (Å²) in [7, 11) is 0. The highest BCUT2D eigenvalue weighted by Gasteiger charge is 1.95. The lowest BCUT2D eigenvalue weighted by Gasteiger charge is -2.16. The average Bonchev–Trinajstić information content (AvgIpc) is 1.88. The van der Waals surface area contributed by atoms with Crippen molar-refractivity contribution in [2.75, 3.05) is 0 Å². The van der Waals surface area contributed by atoms with Gasteiger partial charge >= 0.3 is 0 Å². The molecule has 1 N–H and O–H groups in total. The van der Waals surface area contributed by atoms with E-state index >= 15 is 0 Å². The van der Waals surface area contributed by atoms with Gasteiger partial charge in [0.1, 0.15) is 0 Å². The van der Waals surface area contributed by atoms with Crippen LogP contribution in [-0.4, -0.2) is 5.11 Å². The van der Waals surface area contributed by atoms with Crippen molar-refractivity contribution in [1.82, 2.24) is 0 Å². The van der Waals surface area contributed by atoms with E-state index in [1.54, 1.807) is 25.1 Å². The summed E-state index contributed by atoms with van der Waals surface area (Å²) >= 11 is 0. The van der Waals surface area contributed by atoms with E-state index in [1.165, 1.54) is 0 Å². The quantitative estimate of drug-likeness (QED) is 0.567. The van der Waals surface area contributed by atoms with Crippen molar-refractivity contribution < 1.29 is 10.2 Å². The lowest BCUT2D eigenvalue weighted by Crippen LogP contribution is -2.14. The van der Waals surface area contributed by atoms with Crippen molar-refractivity contribution in [3.8, 4) is 0 Å². The maximum atomic E-state index is 10.5. The smallest absolute Gasteiger partial charge is 0.00418 e. The Labute approximate surface area is 59.7 Å². The van der Waals surface area contributed by atoms with Gasteiger partial charge < -0.3 is 10.2 Å². The van der Waals surface area contributed by atoms with E-state index in [1.807, 2.05) is 6.07 Å². The lowest BCUT2D eigenvalue weighted by molar-refractivity contribution is -0.490. The number of aryl methyl sites for hydroxylation is 1. The third-order valence-electron chi connectivity index (χ3n) is 1.45. The summed E-state index contributed by atoms with van der Waals surface area (Å²) < 4.78 is 0. The molecule has 0 spiro atoms. The Morgan fingerprint density at radius 1 is 1.40 bits per heavy atom. The first-order valence-corrected chi connectivity index (χ1v) is 3.11. The topological polar surface area (TPSA) is 43.3 Å². The van der Waals surface area contributed by atoms with Crippen molar-refractivity contribution in [2.45, 2.75) is 13.2 Å². The second kappa shape index (κ2) is 2.82. The molecule has 0 aliphatic rings. The van der Waals surface area contributed by atoms with Gasteiger partial charge in [-0.1, -0.05) is 24.3 Å². The van der Waals surface area contributed by atoms with Crippen LogP contribution >= 0.6 is 0 Å². The van der Waals surface area contributed by atoms with E-state index in [0.717, 1.165) is 5.56 Å². The van der Waals surface area contributed by atoms with Gasteiger partial charge in [-0.05, 0) is 18.1 Å². The SMILES string of the molecule is Cc1ccccc1C([O-])O. The molecule has 1 unspecified atom stereocenters. The van der Waals surface area contributed by atoms with Crippen LogP contribution in [0, 0.1) is 6.92 Å². The van der Waals surface area contributed by atoms with E-state index < -0.39 is 6.29 Å². The number of benzene rings is 1. The molecule has 1 aromatic carbocycles. The molecular weight excluding hydrogens is 128 g/mol. The predicted molar refractivity (Wildman–Crippen MR) is 36.1 cm³/mol. The fourth-order valence-corrected chi connectivity index (χ4v) is 0.864. The third kappa shape index (κ3) is 1.35. The summed E-state index contributed by atoms with van der Waals surface area (Å²) in [5.74, 6) is 0. The van der Waals surface area contributed by atoms with E-state index in [9.17, 15) is 5.11 Å². The monoisotopic (exact) mass is 137 g/mol. The molecule has 1 aromatic rings. The van der Waals surface area contributed by atoms with E-state index in [4.69, 9.17) is 5.11 Å². The fraction of sp³-hybridized carbons (Fsp3) is 0.250. The number of rotatable bonds is 1. The Morgan fingerprint density at radius 3 is 2.40 bits per heavy atom. The number of hydrogen-bond donors (Lipinski definition) is 1. The maximum absolute atomic E-state index is 10.5. The first-order chi connectivity index (χ1) is 4.72. The molecule has 54 valence electrons. The summed E-state index contributed by atoms with van der Waals surface area (Å²) in [5, 5.41) is 19.2. The molecule has 0 radical (unpaired) electrons. The van der Waals surface area contributed by atoms with Crippen LogP contribution in [0.15, 0.2) is 24.3 Å². The van der Waals surface area contributed by atoms with Crippen LogP contribution < -0.4 is 5.11 Å².